The smallest absolute Gasteiger partial charge is 0.138 e. The van der Waals surface area contributed by atoms with Gasteiger partial charge in [0.2, 0.25) is 0 Å². The van der Waals surface area contributed by atoms with Crippen LogP contribution < -0.4 is 5.32 Å². The molecule has 0 saturated carbocycles. The van der Waals surface area contributed by atoms with E-state index in [0.717, 1.165) is 30.5 Å². The highest BCUT2D eigenvalue weighted by Gasteiger charge is 2.29. The predicted octanol–water partition coefficient (Wildman–Crippen LogP) is 2.67. The Morgan fingerprint density at radius 2 is 2.26 bits per heavy atom. The molecule has 0 aromatic carbocycles. The van der Waals surface area contributed by atoms with E-state index in [1.54, 1.807) is 0 Å². The van der Waals surface area contributed by atoms with E-state index in [9.17, 15) is 0 Å². The second-order valence-corrected chi connectivity index (χ2v) is 5.77. The zero-order valence-corrected chi connectivity index (χ0v) is 12.7. The lowest BCUT2D eigenvalue weighted by molar-refractivity contribution is 0.248. The minimum absolute atomic E-state index is 0.419. The number of nitrogens with one attached hydrogen (secondary N) is 1. The van der Waals surface area contributed by atoms with Gasteiger partial charge in [-0.15, -0.1) is 0 Å². The maximum absolute atomic E-state index is 5.29. The highest BCUT2D eigenvalue weighted by molar-refractivity contribution is 5.24. The highest BCUT2D eigenvalue weighted by Crippen LogP contribution is 2.30. The van der Waals surface area contributed by atoms with Gasteiger partial charge in [-0.1, -0.05) is 12.1 Å². The van der Waals surface area contributed by atoms with Crippen LogP contribution in [0.4, 0.5) is 0 Å². The first-order chi connectivity index (χ1) is 9.13. The lowest BCUT2D eigenvalue weighted by Crippen LogP contribution is -2.28. The molecule has 0 radical (unpaired) electrons. The third-order valence-electron chi connectivity index (χ3n) is 4.23. The third-order valence-corrected chi connectivity index (χ3v) is 4.23. The van der Waals surface area contributed by atoms with Gasteiger partial charge in [0.25, 0.3) is 0 Å². The topological polar surface area (TPSA) is 41.3 Å². The fraction of sp³-hybridized carbons (Fsp3) is 0.800. The lowest BCUT2D eigenvalue weighted by atomic mass is 10.1. The van der Waals surface area contributed by atoms with Crippen molar-refractivity contribution in [3.8, 4) is 0 Å². The van der Waals surface area contributed by atoms with Gasteiger partial charge in [0, 0.05) is 18.2 Å². The summed E-state index contributed by atoms with van der Waals surface area (Å²) in [5, 5.41) is 7.61. The first kappa shape index (κ1) is 14.5. The molecule has 19 heavy (non-hydrogen) atoms. The molecule has 2 rings (SSSR count). The zero-order chi connectivity index (χ0) is 13.8. The molecule has 1 aliphatic heterocycles. The predicted molar refractivity (Wildman–Crippen MR) is 77.2 cm³/mol. The molecule has 2 unspecified atom stereocenters. The van der Waals surface area contributed by atoms with Crippen LogP contribution in [0.1, 0.15) is 49.7 Å². The van der Waals surface area contributed by atoms with Gasteiger partial charge in [0.1, 0.15) is 5.76 Å². The average molecular weight is 265 g/mol. The Kier molecular flexibility index (Phi) is 4.99. The summed E-state index contributed by atoms with van der Waals surface area (Å²) in [6, 6.07) is 0.419. The molecule has 0 spiro atoms. The zero-order valence-electron chi connectivity index (χ0n) is 12.7. The Morgan fingerprint density at radius 1 is 1.47 bits per heavy atom. The first-order valence-electron chi connectivity index (χ1n) is 7.51. The summed E-state index contributed by atoms with van der Waals surface area (Å²) in [4.78, 5) is 2.56. The summed E-state index contributed by atoms with van der Waals surface area (Å²) in [6.07, 6.45) is 2.51. The van der Waals surface area contributed by atoms with E-state index in [0.29, 0.717) is 6.04 Å². The molecule has 108 valence electrons. The average Bonchev–Trinajstić information content (AvgIpc) is 2.97. The van der Waals surface area contributed by atoms with Crippen LogP contribution in [0.2, 0.25) is 0 Å². The van der Waals surface area contributed by atoms with Crippen LogP contribution >= 0.6 is 0 Å². The van der Waals surface area contributed by atoms with E-state index in [4.69, 9.17) is 4.52 Å². The van der Waals surface area contributed by atoms with E-state index in [1.165, 1.54) is 31.5 Å². The van der Waals surface area contributed by atoms with Gasteiger partial charge in [-0.25, -0.2) is 0 Å². The summed E-state index contributed by atoms with van der Waals surface area (Å²) < 4.78 is 5.29. The first-order valence-corrected chi connectivity index (χ1v) is 7.51. The largest absolute Gasteiger partial charge is 0.361 e. The molecule has 4 nitrogen and oxygen atoms in total. The van der Waals surface area contributed by atoms with Crippen molar-refractivity contribution in [2.24, 2.45) is 5.92 Å². The van der Waals surface area contributed by atoms with Crippen LogP contribution in [0.15, 0.2) is 4.52 Å². The van der Waals surface area contributed by atoms with Gasteiger partial charge in [0.15, 0.2) is 0 Å². The molecule has 4 heteroatoms. The number of aromatic nitrogens is 1. The monoisotopic (exact) mass is 265 g/mol. The Balaban J connectivity index is 1.90. The van der Waals surface area contributed by atoms with Crippen LogP contribution in [0.3, 0.4) is 0 Å². The van der Waals surface area contributed by atoms with Crippen LogP contribution in [0, 0.1) is 19.8 Å². The maximum atomic E-state index is 5.29. The van der Waals surface area contributed by atoms with Gasteiger partial charge in [-0.3, -0.25) is 4.90 Å². The van der Waals surface area contributed by atoms with Gasteiger partial charge in [-0.2, -0.15) is 0 Å². The van der Waals surface area contributed by atoms with E-state index < -0.39 is 0 Å². The molecular formula is C15H27N3O. The molecule has 1 aromatic rings. The van der Waals surface area contributed by atoms with Crippen LogP contribution in [0.5, 0.6) is 0 Å². The summed E-state index contributed by atoms with van der Waals surface area (Å²) in [7, 11) is 0. The van der Waals surface area contributed by atoms with Gasteiger partial charge >= 0.3 is 0 Å². The van der Waals surface area contributed by atoms with E-state index in [1.807, 2.05) is 13.8 Å². The molecule has 1 N–H and O–H groups in total. The normalized spacial score (nSPS) is 22.0. The second-order valence-electron chi connectivity index (χ2n) is 5.77. The molecule has 1 fully saturated rings. The summed E-state index contributed by atoms with van der Waals surface area (Å²) >= 11 is 0. The minimum atomic E-state index is 0.419. The Morgan fingerprint density at radius 3 is 2.89 bits per heavy atom. The highest BCUT2D eigenvalue weighted by atomic mass is 16.5. The van der Waals surface area contributed by atoms with Gasteiger partial charge in [-0.05, 0) is 59.2 Å². The Hall–Kier alpha value is -0.870. The Bertz CT molecular complexity index is 383. The Labute approximate surface area is 116 Å². The van der Waals surface area contributed by atoms with Crippen molar-refractivity contribution in [2.75, 3.05) is 26.2 Å². The molecule has 0 bridgehead atoms. The number of aryl methyl sites for hydroxylation is 2. The molecular weight excluding hydrogens is 238 g/mol. The van der Waals surface area contributed by atoms with Crippen molar-refractivity contribution in [3.63, 3.8) is 0 Å². The van der Waals surface area contributed by atoms with Crippen LogP contribution in [0.25, 0.3) is 0 Å². The van der Waals surface area contributed by atoms with E-state index >= 15 is 0 Å². The fourth-order valence-corrected chi connectivity index (χ4v) is 3.13. The molecule has 1 aliphatic rings. The maximum Gasteiger partial charge on any atom is 0.138 e. The fourth-order valence-electron chi connectivity index (χ4n) is 3.13. The molecule has 1 aromatic heterocycles. The molecule has 0 aliphatic carbocycles. The summed E-state index contributed by atoms with van der Waals surface area (Å²) in [6.45, 7) is 13.2. The quantitative estimate of drug-likeness (QED) is 0.803. The van der Waals surface area contributed by atoms with Crippen molar-refractivity contribution in [1.29, 1.82) is 0 Å². The summed E-state index contributed by atoms with van der Waals surface area (Å²) in [5.74, 6) is 1.76. The van der Waals surface area contributed by atoms with Gasteiger partial charge < -0.3 is 9.84 Å². The molecule has 1 saturated heterocycles. The van der Waals surface area contributed by atoms with E-state index in [-0.39, 0.29) is 0 Å². The minimum Gasteiger partial charge on any atom is -0.361 e. The number of rotatable bonds is 6. The summed E-state index contributed by atoms with van der Waals surface area (Å²) in [5.41, 5.74) is 2.32. The standard InChI is InChI=1S/C15H27N3O/c1-5-7-16-9-14-6-8-18(10-14)12(3)15-11(2)17-19-13(15)4/h12,14,16H,5-10H2,1-4H3. The number of hydrogen-bond acceptors (Lipinski definition) is 4. The third kappa shape index (κ3) is 3.37. The van der Waals surface area contributed by atoms with E-state index in [2.05, 4.69) is 29.2 Å². The SMILES string of the molecule is CCCNCC1CCN(C(C)c2c(C)noc2C)C1. The van der Waals surface area contributed by atoms with Crippen molar-refractivity contribution in [1.82, 2.24) is 15.4 Å². The molecule has 0 amide bonds. The second kappa shape index (κ2) is 6.53. The van der Waals surface area contributed by atoms with Crippen LogP contribution in [-0.4, -0.2) is 36.2 Å². The van der Waals surface area contributed by atoms with Crippen molar-refractivity contribution >= 4 is 0 Å². The molecule has 2 heterocycles. The number of hydrogen-bond donors (Lipinski definition) is 1. The van der Waals surface area contributed by atoms with Crippen molar-refractivity contribution in [3.05, 3.63) is 17.0 Å². The lowest BCUT2D eigenvalue weighted by Gasteiger charge is -2.24. The van der Waals surface area contributed by atoms with Crippen molar-refractivity contribution in [2.45, 2.75) is 46.6 Å². The van der Waals surface area contributed by atoms with Crippen LogP contribution in [-0.2, 0) is 0 Å². The van der Waals surface area contributed by atoms with Gasteiger partial charge in [0.05, 0.1) is 5.69 Å². The number of nitrogens with zero attached hydrogens (tertiary/aromatic N) is 2. The number of likely N-dealkylation sites (tertiary alicyclic amines) is 1. The molecule has 2 atom stereocenters. The van der Waals surface area contributed by atoms with Crippen molar-refractivity contribution < 1.29 is 4.52 Å².